The molecule has 1 aliphatic rings. The number of halogens is 1. The summed E-state index contributed by atoms with van der Waals surface area (Å²) in [5, 5.41) is 6.55. The monoisotopic (exact) mass is 512 g/mol. The predicted molar refractivity (Wildman–Crippen MR) is 128 cm³/mol. The van der Waals surface area contributed by atoms with Crippen molar-refractivity contribution in [2.45, 2.75) is 38.5 Å². The molecule has 0 spiro atoms. The van der Waals surface area contributed by atoms with E-state index in [-0.39, 0.29) is 24.0 Å². The van der Waals surface area contributed by atoms with Crippen molar-refractivity contribution in [1.29, 1.82) is 0 Å². The lowest BCUT2D eigenvalue weighted by molar-refractivity contribution is 0.00534. The number of guanidine groups is 1. The normalized spacial score (nSPS) is 15.7. The van der Waals surface area contributed by atoms with Gasteiger partial charge in [0.2, 0.25) is 0 Å². The molecule has 0 amide bonds. The van der Waals surface area contributed by atoms with Crippen LogP contribution in [0.2, 0.25) is 0 Å². The van der Waals surface area contributed by atoms with Gasteiger partial charge in [-0.3, -0.25) is 9.89 Å². The predicted octanol–water partition coefficient (Wildman–Crippen LogP) is 3.63. The van der Waals surface area contributed by atoms with Gasteiger partial charge in [0.25, 0.3) is 0 Å². The first-order chi connectivity index (χ1) is 13.8. The van der Waals surface area contributed by atoms with E-state index in [4.69, 9.17) is 9.15 Å². The number of aliphatic imine (C=N–C) groups is 1. The van der Waals surface area contributed by atoms with E-state index in [1.165, 1.54) is 5.56 Å². The molecule has 1 aromatic carbocycles. The highest BCUT2D eigenvalue weighted by Gasteiger charge is 2.19. The smallest absolute Gasteiger partial charge is 0.191 e. The fraction of sp³-hybridized carbons (Fsp3) is 0.500. The maximum absolute atomic E-state index is 6.07. The van der Waals surface area contributed by atoms with Crippen molar-refractivity contribution in [3.63, 3.8) is 0 Å². The van der Waals surface area contributed by atoms with E-state index >= 15 is 0 Å². The maximum Gasteiger partial charge on any atom is 0.191 e. The molecular weight excluding hydrogens is 479 g/mol. The summed E-state index contributed by atoms with van der Waals surface area (Å²) in [5.41, 5.74) is 1.39. The van der Waals surface area contributed by atoms with E-state index in [1.807, 2.05) is 12.1 Å². The third-order valence-corrected chi connectivity index (χ3v) is 4.98. The van der Waals surface area contributed by atoms with Crippen LogP contribution in [-0.4, -0.2) is 50.3 Å². The van der Waals surface area contributed by atoms with Crippen molar-refractivity contribution < 1.29 is 9.15 Å². The fourth-order valence-corrected chi connectivity index (χ4v) is 3.41. The summed E-state index contributed by atoms with van der Waals surface area (Å²) in [5.74, 6) is 1.68. The molecule has 6 nitrogen and oxygen atoms in total. The lowest BCUT2D eigenvalue weighted by Crippen LogP contribution is -2.38. The average molecular weight is 512 g/mol. The molecule has 0 radical (unpaired) electrons. The summed E-state index contributed by atoms with van der Waals surface area (Å²) in [6, 6.07) is 14.5. The van der Waals surface area contributed by atoms with Gasteiger partial charge in [-0.25, -0.2) is 0 Å². The Morgan fingerprint density at radius 1 is 1.14 bits per heavy atom. The molecule has 1 saturated heterocycles. The molecule has 0 atom stereocenters. The zero-order chi connectivity index (χ0) is 19.4. The molecule has 1 fully saturated rings. The summed E-state index contributed by atoms with van der Waals surface area (Å²) in [6.45, 7) is 5.52. The zero-order valence-corrected chi connectivity index (χ0v) is 19.5. The van der Waals surface area contributed by atoms with Crippen molar-refractivity contribution in [3.05, 3.63) is 60.1 Å². The number of furan rings is 1. The summed E-state index contributed by atoms with van der Waals surface area (Å²) in [7, 11) is 1.77. The molecule has 0 unspecified atom stereocenters. The van der Waals surface area contributed by atoms with Crippen LogP contribution in [-0.2, 0) is 17.8 Å². The number of nitrogens with zero attached hydrogens (tertiary/aromatic N) is 2. The molecule has 1 aliphatic heterocycles. The number of rotatable bonds is 9. The number of nitrogens with one attached hydrogen (secondary N) is 2. The van der Waals surface area contributed by atoms with Gasteiger partial charge in [0.1, 0.15) is 5.76 Å². The van der Waals surface area contributed by atoms with Crippen LogP contribution in [0.3, 0.4) is 0 Å². The first kappa shape index (κ1) is 23.7. The standard InChI is InChI=1S/C22H32N4O2.HI/c1-23-22(25-17-21-9-5-15-28-21)24-12-6-16-27-20-10-13-26(14-11-20)18-19-7-3-2-4-8-19;/h2-5,7-9,15,20H,6,10-14,16-18H2,1H3,(H2,23,24,25);1H. The van der Waals surface area contributed by atoms with Gasteiger partial charge in [-0.1, -0.05) is 30.3 Å². The highest BCUT2D eigenvalue weighted by Crippen LogP contribution is 2.16. The Bertz CT molecular complexity index is 686. The third-order valence-electron chi connectivity index (χ3n) is 4.98. The molecule has 3 rings (SSSR count). The van der Waals surface area contributed by atoms with Crippen LogP contribution in [0, 0.1) is 0 Å². The van der Waals surface area contributed by atoms with Crippen LogP contribution in [0.15, 0.2) is 58.1 Å². The third kappa shape index (κ3) is 8.76. The van der Waals surface area contributed by atoms with E-state index in [9.17, 15) is 0 Å². The first-order valence-electron chi connectivity index (χ1n) is 10.2. The molecule has 0 bridgehead atoms. The summed E-state index contributed by atoms with van der Waals surface area (Å²) < 4.78 is 11.4. The van der Waals surface area contributed by atoms with Crippen molar-refractivity contribution in [1.82, 2.24) is 15.5 Å². The molecule has 2 aromatic rings. The van der Waals surface area contributed by atoms with Crippen LogP contribution in [0.25, 0.3) is 0 Å². The first-order valence-corrected chi connectivity index (χ1v) is 10.2. The number of benzene rings is 1. The highest BCUT2D eigenvalue weighted by atomic mass is 127. The second kappa shape index (κ2) is 13.6. The minimum atomic E-state index is 0. The maximum atomic E-state index is 6.07. The lowest BCUT2D eigenvalue weighted by atomic mass is 10.1. The van der Waals surface area contributed by atoms with Gasteiger partial charge < -0.3 is 19.8 Å². The van der Waals surface area contributed by atoms with Gasteiger partial charge in [-0.05, 0) is 37.0 Å². The Kier molecular flexibility index (Phi) is 11.1. The largest absolute Gasteiger partial charge is 0.467 e. The quantitative estimate of drug-likeness (QED) is 0.233. The van der Waals surface area contributed by atoms with E-state index in [0.29, 0.717) is 12.6 Å². The fourth-order valence-electron chi connectivity index (χ4n) is 3.41. The Morgan fingerprint density at radius 2 is 1.93 bits per heavy atom. The second-order valence-corrected chi connectivity index (χ2v) is 7.12. The Labute approximate surface area is 191 Å². The van der Waals surface area contributed by atoms with E-state index in [2.05, 4.69) is 50.9 Å². The number of piperidine rings is 1. The van der Waals surface area contributed by atoms with Crippen LogP contribution in [0.5, 0.6) is 0 Å². The van der Waals surface area contributed by atoms with Gasteiger partial charge in [0, 0.05) is 39.8 Å². The van der Waals surface area contributed by atoms with Crippen LogP contribution in [0.1, 0.15) is 30.6 Å². The van der Waals surface area contributed by atoms with E-state index in [1.54, 1.807) is 13.3 Å². The second-order valence-electron chi connectivity index (χ2n) is 7.12. The van der Waals surface area contributed by atoms with Gasteiger partial charge in [0.05, 0.1) is 18.9 Å². The zero-order valence-electron chi connectivity index (χ0n) is 17.2. The van der Waals surface area contributed by atoms with E-state index < -0.39 is 0 Å². The molecule has 7 heteroatoms. The SMILES string of the molecule is CN=C(NCCCOC1CCN(Cc2ccccc2)CC1)NCc1ccco1.I. The van der Waals surface area contributed by atoms with Crippen LogP contribution < -0.4 is 10.6 Å². The van der Waals surface area contributed by atoms with Crippen molar-refractivity contribution in [2.75, 3.05) is 33.3 Å². The van der Waals surface area contributed by atoms with Crippen molar-refractivity contribution in [3.8, 4) is 0 Å². The van der Waals surface area contributed by atoms with E-state index in [0.717, 1.165) is 63.8 Å². The topological polar surface area (TPSA) is 62.0 Å². The molecule has 1 aromatic heterocycles. The number of hydrogen-bond acceptors (Lipinski definition) is 4. The molecular formula is C22H33IN4O2. The van der Waals surface area contributed by atoms with Crippen molar-refractivity contribution >= 4 is 29.9 Å². The minimum absolute atomic E-state index is 0. The number of ether oxygens (including phenoxy) is 1. The van der Waals surface area contributed by atoms with Crippen LogP contribution >= 0.6 is 24.0 Å². The molecule has 160 valence electrons. The average Bonchev–Trinajstić information content (AvgIpc) is 3.26. The molecule has 0 aliphatic carbocycles. The summed E-state index contributed by atoms with van der Waals surface area (Å²) in [4.78, 5) is 6.74. The molecule has 0 saturated carbocycles. The minimum Gasteiger partial charge on any atom is -0.467 e. The molecule has 2 heterocycles. The Hall–Kier alpha value is -1.58. The highest BCUT2D eigenvalue weighted by molar-refractivity contribution is 14.0. The van der Waals surface area contributed by atoms with Crippen LogP contribution in [0.4, 0.5) is 0 Å². The number of hydrogen-bond donors (Lipinski definition) is 2. The Morgan fingerprint density at radius 3 is 2.62 bits per heavy atom. The van der Waals surface area contributed by atoms with Gasteiger partial charge >= 0.3 is 0 Å². The van der Waals surface area contributed by atoms with Gasteiger partial charge in [-0.15, -0.1) is 24.0 Å². The van der Waals surface area contributed by atoms with Gasteiger partial charge in [0.15, 0.2) is 5.96 Å². The molecule has 29 heavy (non-hydrogen) atoms. The van der Waals surface area contributed by atoms with Crippen molar-refractivity contribution in [2.24, 2.45) is 4.99 Å². The lowest BCUT2D eigenvalue weighted by Gasteiger charge is -2.32. The number of likely N-dealkylation sites (tertiary alicyclic amines) is 1. The summed E-state index contributed by atoms with van der Waals surface area (Å²) >= 11 is 0. The Balaban J connectivity index is 0.00000300. The molecule has 2 N–H and O–H groups in total. The van der Waals surface area contributed by atoms with Gasteiger partial charge in [-0.2, -0.15) is 0 Å². The summed E-state index contributed by atoms with van der Waals surface area (Å²) in [6.07, 6.45) is 5.27.